The standard InChI is InChI=1S/C22H37NO4/c1-7-18-10-11-19(15-17(18)2)26-14-8-9-20(24)23-13-12-22(5,6)27-16-21(3,4)25/h10-11,15,25H,7-9,12-14,16H2,1-6H3,(H,23,24). The quantitative estimate of drug-likeness (QED) is 0.542. The summed E-state index contributed by atoms with van der Waals surface area (Å²) in [6.45, 7) is 12.9. The summed E-state index contributed by atoms with van der Waals surface area (Å²) in [6.07, 6.45) is 2.83. The van der Waals surface area contributed by atoms with Gasteiger partial charge in [0.2, 0.25) is 5.91 Å². The van der Waals surface area contributed by atoms with Crippen LogP contribution in [0.15, 0.2) is 18.2 Å². The molecule has 0 aliphatic heterocycles. The predicted octanol–water partition coefficient (Wildman–Crippen LogP) is 3.79. The number of nitrogens with one attached hydrogen (secondary N) is 1. The second kappa shape index (κ2) is 10.7. The van der Waals surface area contributed by atoms with Gasteiger partial charge in [0.25, 0.3) is 0 Å². The summed E-state index contributed by atoms with van der Waals surface area (Å²) >= 11 is 0. The summed E-state index contributed by atoms with van der Waals surface area (Å²) < 4.78 is 11.5. The maximum atomic E-state index is 11.9. The topological polar surface area (TPSA) is 67.8 Å². The molecule has 0 unspecified atom stereocenters. The highest BCUT2D eigenvalue weighted by atomic mass is 16.5. The van der Waals surface area contributed by atoms with Gasteiger partial charge in [-0.3, -0.25) is 4.79 Å². The van der Waals surface area contributed by atoms with Crippen LogP contribution in [-0.4, -0.2) is 42.0 Å². The normalized spacial score (nSPS) is 12.1. The van der Waals surface area contributed by atoms with E-state index in [0.29, 0.717) is 32.4 Å². The number of hydrogen-bond acceptors (Lipinski definition) is 4. The number of ether oxygens (including phenoxy) is 2. The molecule has 27 heavy (non-hydrogen) atoms. The van der Waals surface area contributed by atoms with Gasteiger partial charge in [0, 0.05) is 13.0 Å². The molecule has 0 aliphatic rings. The van der Waals surface area contributed by atoms with Crippen molar-refractivity contribution in [3.63, 3.8) is 0 Å². The fourth-order valence-electron chi connectivity index (χ4n) is 2.61. The van der Waals surface area contributed by atoms with Crippen molar-refractivity contribution in [1.82, 2.24) is 5.32 Å². The molecular weight excluding hydrogens is 342 g/mol. The van der Waals surface area contributed by atoms with E-state index in [1.165, 1.54) is 11.1 Å². The van der Waals surface area contributed by atoms with E-state index in [-0.39, 0.29) is 18.1 Å². The SMILES string of the molecule is CCc1ccc(OCCCC(=O)NCCC(C)(C)OCC(C)(C)O)cc1C. The first kappa shape index (κ1) is 23.4. The van der Waals surface area contributed by atoms with E-state index >= 15 is 0 Å². The maximum Gasteiger partial charge on any atom is 0.220 e. The number of amides is 1. The van der Waals surface area contributed by atoms with Crippen LogP contribution in [0.5, 0.6) is 5.75 Å². The molecule has 0 saturated carbocycles. The van der Waals surface area contributed by atoms with Crippen molar-refractivity contribution in [2.24, 2.45) is 0 Å². The molecule has 1 amide bonds. The molecule has 0 radical (unpaired) electrons. The lowest BCUT2D eigenvalue weighted by Crippen LogP contribution is -2.37. The van der Waals surface area contributed by atoms with E-state index < -0.39 is 5.60 Å². The Labute approximate surface area is 164 Å². The second-order valence-electron chi connectivity index (χ2n) is 8.35. The van der Waals surface area contributed by atoms with E-state index in [4.69, 9.17) is 9.47 Å². The number of aliphatic hydroxyl groups is 1. The van der Waals surface area contributed by atoms with Crippen molar-refractivity contribution in [2.75, 3.05) is 19.8 Å². The fourth-order valence-corrected chi connectivity index (χ4v) is 2.61. The largest absolute Gasteiger partial charge is 0.494 e. The number of benzene rings is 1. The Bertz CT molecular complexity index is 590. The monoisotopic (exact) mass is 379 g/mol. The Hall–Kier alpha value is -1.59. The van der Waals surface area contributed by atoms with Crippen LogP contribution >= 0.6 is 0 Å². The van der Waals surface area contributed by atoms with Crippen LogP contribution in [0.2, 0.25) is 0 Å². The Morgan fingerprint density at radius 2 is 1.93 bits per heavy atom. The molecule has 5 heteroatoms. The van der Waals surface area contributed by atoms with Crippen LogP contribution in [-0.2, 0) is 16.0 Å². The van der Waals surface area contributed by atoms with Crippen LogP contribution in [0, 0.1) is 6.92 Å². The average Bonchev–Trinajstić information content (AvgIpc) is 2.56. The highest BCUT2D eigenvalue weighted by Crippen LogP contribution is 2.18. The van der Waals surface area contributed by atoms with Crippen molar-refractivity contribution in [3.05, 3.63) is 29.3 Å². The van der Waals surface area contributed by atoms with Crippen molar-refractivity contribution in [1.29, 1.82) is 0 Å². The molecule has 1 aromatic rings. The molecule has 0 bridgehead atoms. The Kier molecular flexibility index (Phi) is 9.27. The zero-order chi connectivity index (χ0) is 20.5. The van der Waals surface area contributed by atoms with Crippen molar-refractivity contribution in [2.45, 2.75) is 78.4 Å². The molecule has 0 aliphatic carbocycles. The van der Waals surface area contributed by atoms with Gasteiger partial charge >= 0.3 is 0 Å². The molecule has 2 N–H and O–H groups in total. The molecular formula is C22H37NO4. The van der Waals surface area contributed by atoms with Crippen molar-refractivity contribution >= 4 is 5.91 Å². The fraction of sp³-hybridized carbons (Fsp3) is 0.682. The zero-order valence-electron chi connectivity index (χ0n) is 17.9. The van der Waals surface area contributed by atoms with Crippen LogP contribution < -0.4 is 10.1 Å². The third-order valence-electron chi connectivity index (χ3n) is 4.38. The van der Waals surface area contributed by atoms with Gasteiger partial charge in [-0.25, -0.2) is 0 Å². The number of carbonyl (C=O) groups excluding carboxylic acids is 1. The summed E-state index contributed by atoms with van der Waals surface area (Å²) in [7, 11) is 0. The lowest BCUT2D eigenvalue weighted by molar-refractivity contribution is -0.122. The van der Waals surface area contributed by atoms with Gasteiger partial charge in [-0.2, -0.15) is 0 Å². The highest BCUT2D eigenvalue weighted by molar-refractivity contribution is 5.75. The van der Waals surface area contributed by atoms with Crippen LogP contribution in [0.3, 0.4) is 0 Å². The minimum atomic E-state index is -0.851. The lowest BCUT2D eigenvalue weighted by atomic mass is 10.0. The van der Waals surface area contributed by atoms with E-state index in [9.17, 15) is 9.90 Å². The smallest absolute Gasteiger partial charge is 0.220 e. The molecule has 0 atom stereocenters. The third kappa shape index (κ3) is 10.4. The first-order valence-corrected chi connectivity index (χ1v) is 9.88. The van der Waals surface area contributed by atoms with Crippen molar-refractivity contribution in [3.8, 4) is 5.75 Å². The molecule has 0 aromatic heterocycles. The van der Waals surface area contributed by atoms with Gasteiger partial charge in [0.15, 0.2) is 0 Å². The van der Waals surface area contributed by atoms with E-state index in [1.807, 2.05) is 19.9 Å². The average molecular weight is 380 g/mol. The predicted molar refractivity (Wildman–Crippen MR) is 109 cm³/mol. The molecule has 5 nitrogen and oxygen atoms in total. The second-order valence-corrected chi connectivity index (χ2v) is 8.35. The van der Waals surface area contributed by atoms with Crippen LogP contribution in [0.4, 0.5) is 0 Å². The van der Waals surface area contributed by atoms with E-state index in [1.54, 1.807) is 13.8 Å². The number of carbonyl (C=O) groups is 1. The molecule has 0 spiro atoms. The minimum Gasteiger partial charge on any atom is -0.494 e. The first-order valence-electron chi connectivity index (χ1n) is 9.88. The van der Waals surface area contributed by atoms with Gasteiger partial charge in [0.1, 0.15) is 5.75 Å². The van der Waals surface area contributed by atoms with Gasteiger partial charge < -0.3 is 19.9 Å². The minimum absolute atomic E-state index is 0.0226. The molecule has 154 valence electrons. The molecule has 1 aromatic carbocycles. The summed E-state index contributed by atoms with van der Waals surface area (Å²) in [4.78, 5) is 11.9. The summed E-state index contributed by atoms with van der Waals surface area (Å²) in [5.41, 5.74) is 1.33. The van der Waals surface area contributed by atoms with Crippen LogP contribution in [0.1, 0.15) is 65.0 Å². The molecule has 0 saturated heterocycles. The number of aryl methyl sites for hydroxylation is 2. The summed E-state index contributed by atoms with van der Waals surface area (Å²) in [5, 5.41) is 12.7. The van der Waals surface area contributed by atoms with E-state index in [0.717, 1.165) is 12.2 Å². The van der Waals surface area contributed by atoms with Gasteiger partial charge in [-0.05, 0) is 77.1 Å². The Morgan fingerprint density at radius 1 is 1.22 bits per heavy atom. The number of rotatable bonds is 12. The molecule has 1 rings (SSSR count). The molecule has 0 heterocycles. The Balaban J connectivity index is 2.19. The van der Waals surface area contributed by atoms with Gasteiger partial charge in [-0.1, -0.05) is 13.0 Å². The van der Waals surface area contributed by atoms with Crippen molar-refractivity contribution < 1.29 is 19.4 Å². The summed E-state index contributed by atoms with van der Waals surface area (Å²) in [6, 6.07) is 6.13. The maximum absolute atomic E-state index is 11.9. The first-order chi connectivity index (χ1) is 12.5. The van der Waals surface area contributed by atoms with E-state index in [2.05, 4.69) is 31.3 Å². The molecule has 0 fully saturated rings. The summed E-state index contributed by atoms with van der Waals surface area (Å²) in [5.74, 6) is 0.880. The zero-order valence-corrected chi connectivity index (χ0v) is 17.9. The highest BCUT2D eigenvalue weighted by Gasteiger charge is 2.23. The van der Waals surface area contributed by atoms with Gasteiger partial charge in [-0.15, -0.1) is 0 Å². The Morgan fingerprint density at radius 3 is 2.52 bits per heavy atom. The van der Waals surface area contributed by atoms with Crippen LogP contribution in [0.25, 0.3) is 0 Å². The van der Waals surface area contributed by atoms with Gasteiger partial charge in [0.05, 0.1) is 24.4 Å². The third-order valence-corrected chi connectivity index (χ3v) is 4.38. The lowest BCUT2D eigenvalue weighted by Gasteiger charge is -2.29. The number of hydrogen-bond donors (Lipinski definition) is 2.